The molecule has 5 nitrogen and oxygen atoms in total. The molecule has 0 unspecified atom stereocenters. The van der Waals surface area contributed by atoms with Crippen molar-refractivity contribution in [2.45, 2.75) is 17.4 Å². The molecule has 1 fully saturated rings. The van der Waals surface area contributed by atoms with Crippen molar-refractivity contribution in [1.82, 2.24) is 10.0 Å². The zero-order valence-corrected chi connectivity index (χ0v) is 10.3. The summed E-state index contributed by atoms with van der Waals surface area (Å²) in [4.78, 5) is -0.0904. The molecule has 0 radical (unpaired) electrons. The minimum atomic E-state index is -3.70. The maximum absolute atomic E-state index is 13.1. The third-order valence-electron chi connectivity index (χ3n) is 2.75. The zero-order valence-electron chi connectivity index (χ0n) is 9.48. The quantitative estimate of drug-likeness (QED) is 0.829. The van der Waals surface area contributed by atoms with E-state index in [1.54, 1.807) is 6.07 Å². The average Bonchev–Trinajstić information content (AvgIpc) is 2.81. The highest BCUT2D eigenvalue weighted by Gasteiger charge is 2.23. The molecule has 1 aromatic rings. The van der Waals surface area contributed by atoms with Gasteiger partial charge in [-0.05, 0) is 31.2 Å². The number of nitrogens with one attached hydrogen (secondary N) is 2. The minimum Gasteiger partial charge on any atom is -0.315 e. The molecule has 1 atom stereocenters. The summed E-state index contributed by atoms with van der Waals surface area (Å²) >= 11 is 0. The summed E-state index contributed by atoms with van der Waals surface area (Å²) < 4.78 is 39.6. The lowest BCUT2D eigenvalue weighted by Gasteiger charge is -2.12. The first-order valence-electron chi connectivity index (χ1n) is 5.45. The first kappa shape index (κ1) is 13.0. The summed E-state index contributed by atoms with van der Waals surface area (Å²) in [5.74, 6) is -0.723. The summed E-state index contributed by atoms with van der Waals surface area (Å²) in [5, 5.41) is 11.7. The van der Waals surface area contributed by atoms with Crippen LogP contribution in [0.25, 0.3) is 0 Å². The Labute approximate surface area is 105 Å². The summed E-state index contributed by atoms with van der Waals surface area (Å²) in [6, 6.07) is 4.64. The molecule has 18 heavy (non-hydrogen) atoms. The average molecular weight is 269 g/mol. The predicted molar refractivity (Wildman–Crippen MR) is 62.7 cm³/mol. The van der Waals surface area contributed by atoms with Crippen LogP contribution in [0.15, 0.2) is 23.1 Å². The van der Waals surface area contributed by atoms with Crippen LogP contribution in [0.1, 0.15) is 12.0 Å². The van der Waals surface area contributed by atoms with E-state index in [4.69, 9.17) is 5.26 Å². The van der Waals surface area contributed by atoms with Crippen LogP contribution < -0.4 is 10.0 Å². The fraction of sp³-hybridized carbons (Fsp3) is 0.364. The summed E-state index contributed by atoms with van der Waals surface area (Å²) in [6.45, 7) is 1.34. The van der Waals surface area contributed by atoms with Gasteiger partial charge in [-0.15, -0.1) is 0 Å². The number of sulfonamides is 1. The number of rotatable bonds is 3. The van der Waals surface area contributed by atoms with E-state index in [9.17, 15) is 12.8 Å². The van der Waals surface area contributed by atoms with Crippen LogP contribution in [-0.2, 0) is 10.0 Å². The highest BCUT2D eigenvalue weighted by atomic mass is 32.2. The fourth-order valence-corrected chi connectivity index (χ4v) is 3.10. The molecule has 1 saturated heterocycles. The first-order chi connectivity index (χ1) is 8.53. The van der Waals surface area contributed by atoms with Gasteiger partial charge in [0.05, 0.1) is 10.5 Å². The van der Waals surface area contributed by atoms with Crippen LogP contribution in [-0.4, -0.2) is 27.5 Å². The van der Waals surface area contributed by atoms with Crippen molar-refractivity contribution < 1.29 is 12.8 Å². The maximum atomic E-state index is 13.1. The van der Waals surface area contributed by atoms with E-state index in [1.165, 1.54) is 0 Å². The summed E-state index contributed by atoms with van der Waals surface area (Å²) in [6.07, 6.45) is 0.714. The van der Waals surface area contributed by atoms with Gasteiger partial charge in [0.2, 0.25) is 10.0 Å². The Kier molecular flexibility index (Phi) is 3.61. The molecule has 0 amide bonds. The molecule has 0 aliphatic carbocycles. The van der Waals surface area contributed by atoms with Gasteiger partial charge in [0.15, 0.2) is 0 Å². The molecular formula is C11H12FN3O2S. The number of halogens is 1. The van der Waals surface area contributed by atoms with Crippen molar-refractivity contribution in [3.8, 4) is 6.07 Å². The number of hydrogen-bond acceptors (Lipinski definition) is 4. The Morgan fingerprint density at radius 3 is 2.89 bits per heavy atom. The monoisotopic (exact) mass is 269 g/mol. The van der Waals surface area contributed by atoms with Crippen molar-refractivity contribution in [3.05, 3.63) is 29.6 Å². The van der Waals surface area contributed by atoms with Gasteiger partial charge in [-0.2, -0.15) is 5.26 Å². The minimum absolute atomic E-state index is 0.0904. The molecule has 7 heteroatoms. The second kappa shape index (κ2) is 5.02. The second-order valence-electron chi connectivity index (χ2n) is 4.06. The Morgan fingerprint density at radius 1 is 1.50 bits per heavy atom. The van der Waals surface area contributed by atoms with Crippen LogP contribution in [0.2, 0.25) is 0 Å². The van der Waals surface area contributed by atoms with Gasteiger partial charge in [0, 0.05) is 12.6 Å². The molecule has 0 aromatic heterocycles. The summed E-state index contributed by atoms with van der Waals surface area (Å²) in [5.41, 5.74) is -0.276. The van der Waals surface area contributed by atoms with Crippen molar-refractivity contribution in [1.29, 1.82) is 5.26 Å². The first-order valence-corrected chi connectivity index (χ1v) is 6.94. The van der Waals surface area contributed by atoms with Crippen LogP contribution >= 0.6 is 0 Å². The van der Waals surface area contributed by atoms with E-state index in [0.29, 0.717) is 13.0 Å². The van der Waals surface area contributed by atoms with E-state index >= 15 is 0 Å². The third-order valence-corrected chi connectivity index (χ3v) is 4.27. The molecule has 0 saturated carbocycles. The number of nitrogens with zero attached hydrogens (tertiary/aromatic N) is 1. The van der Waals surface area contributed by atoms with Gasteiger partial charge in [-0.1, -0.05) is 0 Å². The molecule has 1 aliphatic heterocycles. The molecule has 2 N–H and O–H groups in total. The Balaban J connectivity index is 2.27. The van der Waals surface area contributed by atoms with E-state index in [1.807, 2.05) is 0 Å². The number of nitriles is 1. The van der Waals surface area contributed by atoms with Crippen LogP contribution in [0, 0.1) is 17.1 Å². The molecule has 1 aliphatic rings. The van der Waals surface area contributed by atoms with Crippen LogP contribution in [0.4, 0.5) is 4.39 Å². The predicted octanol–water partition coefficient (Wildman–Crippen LogP) is 0.338. The second-order valence-corrected chi connectivity index (χ2v) is 5.78. The highest BCUT2D eigenvalue weighted by Crippen LogP contribution is 2.15. The molecular weight excluding hydrogens is 257 g/mol. The molecule has 2 rings (SSSR count). The summed E-state index contributed by atoms with van der Waals surface area (Å²) in [7, 11) is -3.70. The van der Waals surface area contributed by atoms with Gasteiger partial charge in [0.25, 0.3) is 0 Å². The molecule has 1 heterocycles. The molecule has 96 valence electrons. The standard InChI is InChI=1S/C11H12FN3O2S/c12-11-2-1-10(5-8(11)6-13)18(16,17)15-9-3-4-14-7-9/h1-2,5,9,14-15H,3-4,7H2/t9-/m0/s1. The van der Waals surface area contributed by atoms with E-state index in [-0.39, 0.29) is 16.5 Å². The highest BCUT2D eigenvalue weighted by molar-refractivity contribution is 7.89. The normalized spacial score (nSPS) is 19.7. The van der Waals surface area contributed by atoms with Crippen LogP contribution in [0.3, 0.4) is 0 Å². The number of hydrogen-bond donors (Lipinski definition) is 2. The van der Waals surface area contributed by atoms with Crippen molar-refractivity contribution >= 4 is 10.0 Å². The fourth-order valence-electron chi connectivity index (χ4n) is 1.80. The largest absolute Gasteiger partial charge is 0.315 e. The topological polar surface area (TPSA) is 82.0 Å². The van der Waals surface area contributed by atoms with Gasteiger partial charge in [0.1, 0.15) is 11.9 Å². The lowest BCUT2D eigenvalue weighted by atomic mass is 10.2. The SMILES string of the molecule is N#Cc1cc(S(=O)(=O)N[C@H]2CCNC2)ccc1F. The van der Waals surface area contributed by atoms with E-state index in [0.717, 1.165) is 24.7 Å². The lowest BCUT2D eigenvalue weighted by molar-refractivity contribution is 0.559. The van der Waals surface area contributed by atoms with Gasteiger partial charge < -0.3 is 5.32 Å². The Hall–Kier alpha value is -1.49. The molecule has 0 spiro atoms. The third kappa shape index (κ3) is 2.67. The Morgan fingerprint density at radius 2 is 2.28 bits per heavy atom. The lowest BCUT2D eigenvalue weighted by Crippen LogP contribution is -2.36. The van der Waals surface area contributed by atoms with Crippen LogP contribution in [0.5, 0.6) is 0 Å². The molecule has 0 bridgehead atoms. The van der Waals surface area contributed by atoms with E-state index in [2.05, 4.69) is 10.0 Å². The van der Waals surface area contributed by atoms with Gasteiger partial charge >= 0.3 is 0 Å². The van der Waals surface area contributed by atoms with Crippen molar-refractivity contribution in [2.75, 3.05) is 13.1 Å². The van der Waals surface area contributed by atoms with Gasteiger partial charge in [-0.3, -0.25) is 0 Å². The Bertz CT molecular complexity index is 589. The van der Waals surface area contributed by atoms with Crippen molar-refractivity contribution in [2.24, 2.45) is 0 Å². The van der Waals surface area contributed by atoms with Crippen molar-refractivity contribution in [3.63, 3.8) is 0 Å². The smallest absolute Gasteiger partial charge is 0.240 e. The molecule has 1 aromatic carbocycles. The zero-order chi connectivity index (χ0) is 13.2. The van der Waals surface area contributed by atoms with Gasteiger partial charge in [-0.25, -0.2) is 17.5 Å². The number of benzene rings is 1. The van der Waals surface area contributed by atoms with E-state index < -0.39 is 15.8 Å². The maximum Gasteiger partial charge on any atom is 0.240 e.